The second kappa shape index (κ2) is 5.78. The molecule has 0 N–H and O–H groups in total. The van der Waals surface area contributed by atoms with Crippen LogP contribution >= 0.6 is 0 Å². The minimum absolute atomic E-state index is 0.0812. The van der Waals surface area contributed by atoms with E-state index in [0.29, 0.717) is 6.61 Å². The third-order valence-electron chi connectivity index (χ3n) is 2.07. The number of ether oxygens (including phenoxy) is 2. The van der Waals surface area contributed by atoms with E-state index in [2.05, 4.69) is 12.1 Å². The average molecular weight is 194 g/mol. The molecule has 2 unspecified atom stereocenters. The molecule has 0 bridgehead atoms. The van der Waals surface area contributed by atoms with E-state index in [1.165, 1.54) is 5.56 Å². The topological polar surface area (TPSA) is 18.5 Å². The molecular formula is C12H18O2. The van der Waals surface area contributed by atoms with E-state index >= 15 is 0 Å². The van der Waals surface area contributed by atoms with Crippen LogP contribution < -0.4 is 0 Å². The third-order valence-corrected chi connectivity index (χ3v) is 2.07. The highest BCUT2D eigenvalue weighted by Crippen LogP contribution is 2.17. The van der Waals surface area contributed by atoms with Gasteiger partial charge in [0.15, 0.2) is 6.29 Å². The van der Waals surface area contributed by atoms with E-state index in [4.69, 9.17) is 9.47 Å². The van der Waals surface area contributed by atoms with Crippen molar-refractivity contribution in [3.05, 3.63) is 35.9 Å². The molecule has 1 aromatic carbocycles. The summed E-state index contributed by atoms with van der Waals surface area (Å²) >= 11 is 0. The average Bonchev–Trinajstić information content (AvgIpc) is 2.19. The zero-order valence-corrected chi connectivity index (χ0v) is 9.07. The third kappa shape index (κ3) is 3.48. The summed E-state index contributed by atoms with van der Waals surface area (Å²) in [7, 11) is 0. The van der Waals surface area contributed by atoms with Crippen molar-refractivity contribution < 1.29 is 9.47 Å². The highest BCUT2D eigenvalue weighted by atomic mass is 16.7. The van der Waals surface area contributed by atoms with E-state index < -0.39 is 0 Å². The molecule has 2 heteroatoms. The van der Waals surface area contributed by atoms with Gasteiger partial charge in [-0.1, -0.05) is 30.3 Å². The molecule has 0 fully saturated rings. The molecule has 0 heterocycles. The van der Waals surface area contributed by atoms with E-state index in [0.717, 1.165) is 0 Å². The molecule has 2 nitrogen and oxygen atoms in total. The molecule has 0 aliphatic heterocycles. The Morgan fingerprint density at radius 2 is 1.79 bits per heavy atom. The normalized spacial score (nSPS) is 15.1. The fourth-order valence-corrected chi connectivity index (χ4v) is 1.36. The van der Waals surface area contributed by atoms with Crippen LogP contribution in [0, 0.1) is 0 Å². The van der Waals surface area contributed by atoms with E-state index in [-0.39, 0.29) is 12.4 Å². The predicted octanol–water partition coefficient (Wildman–Crippen LogP) is 3.15. The predicted molar refractivity (Wildman–Crippen MR) is 57.0 cm³/mol. The molecule has 0 aliphatic carbocycles. The molecule has 0 saturated carbocycles. The summed E-state index contributed by atoms with van der Waals surface area (Å²) in [5.41, 5.74) is 1.18. The fraction of sp³-hybridized carbons (Fsp3) is 0.500. The summed E-state index contributed by atoms with van der Waals surface area (Å²) in [4.78, 5) is 0. The van der Waals surface area contributed by atoms with Crippen LogP contribution in [0.15, 0.2) is 30.3 Å². The highest BCUT2D eigenvalue weighted by molar-refractivity contribution is 5.16. The molecular weight excluding hydrogens is 176 g/mol. The largest absolute Gasteiger partial charge is 0.353 e. The van der Waals surface area contributed by atoms with Crippen LogP contribution in [0.5, 0.6) is 0 Å². The first-order valence-electron chi connectivity index (χ1n) is 5.06. The Morgan fingerprint density at radius 3 is 2.36 bits per heavy atom. The first-order chi connectivity index (χ1) is 6.74. The minimum atomic E-state index is -0.143. The summed E-state index contributed by atoms with van der Waals surface area (Å²) in [5.74, 6) is 0. The van der Waals surface area contributed by atoms with Crippen molar-refractivity contribution in [2.45, 2.75) is 33.2 Å². The minimum Gasteiger partial charge on any atom is -0.353 e. The molecule has 2 atom stereocenters. The number of rotatable bonds is 5. The number of hydrogen-bond donors (Lipinski definition) is 0. The molecule has 14 heavy (non-hydrogen) atoms. The molecule has 0 saturated heterocycles. The van der Waals surface area contributed by atoms with Gasteiger partial charge in [-0.2, -0.15) is 0 Å². The molecule has 0 spiro atoms. The zero-order chi connectivity index (χ0) is 10.4. The van der Waals surface area contributed by atoms with Crippen molar-refractivity contribution in [3.63, 3.8) is 0 Å². The van der Waals surface area contributed by atoms with Crippen molar-refractivity contribution in [2.75, 3.05) is 6.61 Å². The van der Waals surface area contributed by atoms with Crippen LogP contribution in [0.3, 0.4) is 0 Å². The van der Waals surface area contributed by atoms with Crippen molar-refractivity contribution in [3.8, 4) is 0 Å². The molecule has 0 aromatic heterocycles. The van der Waals surface area contributed by atoms with E-state index in [1.54, 1.807) is 0 Å². The van der Waals surface area contributed by atoms with Crippen molar-refractivity contribution in [1.82, 2.24) is 0 Å². The highest BCUT2D eigenvalue weighted by Gasteiger charge is 2.09. The smallest absolute Gasteiger partial charge is 0.155 e. The van der Waals surface area contributed by atoms with Crippen molar-refractivity contribution in [1.29, 1.82) is 0 Å². The first-order valence-corrected chi connectivity index (χ1v) is 5.06. The van der Waals surface area contributed by atoms with Gasteiger partial charge in [0.05, 0.1) is 6.10 Å². The molecule has 78 valence electrons. The Bertz CT molecular complexity index is 246. The van der Waals surface area contributed by atoms with Crippen LogP contribution in [-0.4, -0.2) is 12.9 Å². The quantitative estimate of drug-likeness (QED) is 0.670. The lowest BCUT2D eigenvalue weighted by atomic mass is 10.1. The molecule has 1 aromatic rings. The Labute approximate surface area is 85.8 Å². The lowest BCUT2D eigenvalue weighted by molar-refractivity contribution is -0.154. The summed E-state index contributed by atoms with van der Waals surface area (Å²) in [6.45, 7) is 6.60. The van der Waals surface area contributed by atoms with E-state index in [1.807, 2.05) is 39.0 Å². The second-order valence-electron chi connectivity index (χ2n) is 3.21. The van der Waals surface area contributed by atoms with Gasteiger partial charge >= 0.3 is 0 Å². The van der Waals surface area contributed by atoms with Gasteiger partial charge in [0.1, 0.15) is 0 Å². The van der Waals surface area contributed by atoms with Crippen LogP contribution in [0.4, 0.5) is 0 Å². The zero-order valence-electron chi connectivity index (χ0n) is 9.07. The van der Waals surface area contributed by atoms with Gasteiger partial charge in [0.2, 0.25) is 0 Å². The monoisotopic (exact) mass is 194 g/mol. The number of hydrogen-bond acceptors (Lipinski definition) is 2. The Kier molecular flexibility index (Phi) is 4.63. The van der Waals surface area contributed by atoms with Gasteiger partial charge in [-0.05, 0) is 26.3 Å². The molecule has 0 amide bonds. The second-order valence-corrected chi connectivity index (χ2v) is 3.21. The van der Waals surface area contributed by atoms with Gasteiger partial charge in [-0.15, -0.1) is 0 Å². The summed E-state index contributed by atoms with van der Waals surface area (Å²) < 4.78 is 11.0. The SMILES string of the molecule is CCOC(C)OC(C)c1ccccc1. The Morgan fingerprint density at radius 1 is 1.14 bits per heavy atom. The van der Waals surface area contributed by atoms with Gasteiger partial charge in [-0.3, -0.25) is 0 Å². The maximum absolute atomic E-state index is 5.65. The Hall–Kier alpha value is -0.860. The Balaban J connectivity index is 2.46. The summed E-state index contributed by atoms with van der Waals surface area (Å²) in [6.07, 6.45) is -0.0621. The lowest BCUT2D eigenvalue weighted by Gasteiger charge is -2.19. The van der Waals surface area contributed by atoms with Gasteiger partial charge < -0.3 is 9.47 Å². The van der Waals surface area contributed by atoms with Gasteiger partial charge in [0.25, 0.3) is 0 Å². The van der Waals surface area contributed by atoms with Crippen molar-refractivity contribution in [2.24, 2.45) is 0 Å². The lowest BCUT2D eigenvalue weighted by Crippen LogP contribution is -2.15. The summed E-state index contributed by atoms with van der Waals surface area (Å²) in [6, 6.07) is 10.1. The van der Waals surface area contributed by atoms with Crippen LogP contribution in [0.1, 0.15) is 32.4 Å². The van der Waals surface area contributed by atoms with Crippen LogP contribution in [0.2, 0.25) is 0 Å². The van der Waals surface area contributed by atoms with Gasteiger partial charge in [0, 0.05) is 6.61 Å². The summed E-state index contributed by atoms with van der Waals surface area (Å²) in [5, 5.41) is 0. The van der Waals surface area contributed by atoms with Crippen LogP contribution in [0.25, 0.3) is 0 Å². The molecule has 0 radical (unpaired) electrons. The van der Waals surface area contributed by atoms with Crippen LogP contribution in [-0.2, 0) is 9.47 Å². The maximum Gasteiger partial charge on any atom is 0.155 e. The van der Waals surface area contributed by atoms with E-state index in [9.17, 15) is 0 Å². The van der Waals surface area contributed by atoms with Gasteiger partial charge in [-0.25, -0.2) is 0 Å². The molecule has 0 aliphatic rings. The first kappa shape index (κ1) is 11.2. The standard InChI is InChI=1S/C12H18O2/c1-4-13-11(3)14-10(2)12-8-6-5-7-9-12/h5-11H,4H2,1-3H3. The fourth-order valence-electron chi connectivity index (χ4n) is 1.36. The molecule has 1 rings (SSSR count). The number of benzene rings is 1. The maximum atomic E-state index is 5.65. The van der Waals surface area contributed by atoms with Crippen molar-refractivity contribution >= 4 is 0 Å².